The summed E-state index contributed by atoms with van der Waals surface area (Å²) in [6.45, 7) is 2.12. The maximum Gasteiger partial charge on any atom is 0.209 e. The monoisotopic (exact) mass is 177 g/mol. The third-order valence-corrected chi connectivity index (χ3v) is 2.28. The van der Waals surface area contributed by atoms with Gasteiger partial charge in [-0.15, -0.1) is 4.68 Å². The van der Waals surface area contributed by atoms with Gasteiger partial charge in [-0.25, -0.2) is 0 Å². The summed E-state index contributed by atoms with van der Waals surface area (Å²) in [5.74, 6) is 0. The van der Waals surface area contributed by atoms with Crippen LogP contribution in [0.15, 0.2) is 30.3 Å². The fraction of sp³-hybridized carbons (Fsp3) is 0.364. The van der Waals surface area contributed by atoms with E-state index in [2.05, 4.69) is 47.9 Å². The van der Waals surface area contributed by atoms with Crippen molar-refractivity contribution in [2.45, 2.75) is 6.92 Å². The van der Waals surface area contributed by atoms with Crippen molar-refractivity contribution in [3.63, 3.8) is 0 Å². The van der Waals surface area contributed by atoms with Crippen LogP contribution in [-0.4, -0.2) is 36.5 Å². The number of hydrazine groups is 1. The predicted octanol–water partition coefficient (Wildman–Crippen LogP) is 1.61. The van der Waals surface area contributed by atoms with Gasteiger partial charge in [0, 0.05) is 12.5 Å². The molecule has 1 aromatic carbocycles. The molecule has 0 aliphatic carbocycles. The van der Waals surface area contributed by atoms with E-state index in [1.807, 2.05) is 20.2 Å². The molecule has 2 heteroatoms. The number of hydrazone groups is 1. The van der Waals surface area contributed by atoms with E-state index in [9.17, 15) is 0 Å². The molecular weight excluding hydrogens is 160 g/mol. The predicted molar refractivity (Wildman–Crippen MR) is 56.1 cm³/mol. The van der Waals surface area contributed by atoms with Gasteiger partial charge in [-0.1, -0.05) is 18.2 Å². The highest BCUT2D eigenvalue weighted by Crippen LogP contribution is 2.00. The van der Waals surface area contributed by atoms with Gasteiger partial charge in [-0.3, -0.25) is 0 Å². The Kier molecular flexibility index (Phi) is 3.07. The summed E-state index contributed by atoms with van der Waals surface area (Å²) >= 11 is 0. The Morgan fingerprint density at radius 1 is 1.15 bits per heavy atom. The first-order valence-corrected chi connectivity index (χ1v) is 4.43. The molecule has 0 aliphatic rings. The van der Waals surface area contributed by atoms with E-state index in [1.165, 1.54) is 11.3 Å². The Labute approximate surface area is 80.1 Å². The molecular formula is C11H17N2+. The van der Waals surface area contributed by atoms with Gasteiger partial charge in [0.1, 0.15) is 0 Å². The Bertz CT molecular complexity index is 299. The third kappa shape index (κ3) is 2.31. The number of benzene rings is 1. The first-order chi connectivity index (χ1) is 6.13. The van der Waals surface area contributed by atoms with Crippen molar-refractivity contribution >= 4 is 5.71 Å². The minimum Gasteiger partial charge on any atom is -0.192 e. The van der Waals surface area contributed by atoms with E-state index in [4.69, 9.17) is 0 Å². The molecule has 1 aromatic rings. The highest BCUT2D eigenvalue weighted by Gasteiger charge is 2.08. The maximum absolute atomic E-state index is 2.12. The van der Waals surface area contributed by atoms with Gasteiger partial charge in [0.2, 0.25) is 5.71 Å². The van der Waals surface area contributed by atoms with Crippen molar-refractivity contribution < 1.29 is 4.68 Å². The normalized spacial score (nSPS) is 12.3. The molecule has 0 bridgehead atoms. The Hall–Kier alpha value is -1.31. The number of hydrogen-bond acceptors (Lipinski definition) is 1. The van der Waals surface area contributed by atoms with Crippen LogP contribution in [-0.2, 0) is 0 Å². The van der Waals surface area contributed by atoms with Gasteiger partial charge in [0.25, 0.3) is 0 Å². The van der Waals surface area contributed by atoms with Crippen LogP contribution in [0.4, 0.5) is 0 Å². The second kappa shape index (κ2) is 4.08. The first kappa shape index (κ1) is 9.78. The summed E-state index contributed by atoms with van der Waals surface area (Å²) in [6, 6.07) is 10.4. The maximum atomic E-state index is 2.12. The molecule has 0 saturated heterocycles. The van der Waals surface area contributed by atoms with Gasteiger partial charge in [0.05, 0.1) is 14.1 Å². The fourth-order valence-electron chi connectivity index (χ4n) is 1.17. The van der Waals surface area contributed by atoms with E-state index in [0.29, 0.717) is 0 Å². The first-order valence-electron chi connectivity index (χ1n) is 4.43. The molecule has 0 atom stereocenters. The van der Waals surface area contributed by atoms with Gasteiger partial charge in [-0.2, -0.15) is 5.01 Å². The molecule has 0 amide bonds. The number of hydrogen-bond donors (Lipinski definition) is 0. The van der Waals surface area contributed by atoms with E-state index < -0.39 is 0 Å². The van der Waals surface area contributed by atoms with E-state index in [0.717, 1.165) is 0 Å². The lowest BCUT2D eigenvalue weighted by atomic mass is 10.1. The van der Waals surface area contributed by atoms with Crippen LogP contribution < -0.4 is 0 Å². The van der Waals surface area contributed by atoms with Gasteiger partial charge in [-0.05, 0) is 12.1 Å². The molecule has 0 aromatic heterocycles. The Morgan fingerprint density at radius 3 is 2.15 bits per heavy atom. The lowest BCUT2D eigenvalue weighted by Gasteiger charge is -2.09. The SMILES string of the molecule is CC(c1ccccc1)=[N+](C)N(C)C. The number of rotatable bonds is 2. The number of nitrogens with zero attached hydrogens (tertiary/aromatic N) is 2. The van der Waals surface area contributed by atoms with Crippen LogP contribution in [0, 0.1) is 0 Å². The molecule has 1 rings (SSSR count). The zero-order chi connectivity index (χ0) is 9.84. The zero-order valence-corrected chi connectivity index (χ0v) is 8.78. The van der Waals surface area contributed by atoms with E-state index >= 15 is 0 Å². The lowest BCUT2D eigenvalue weighted by molar-refractivity contribution is -0.655. The molecule has 2 nitrogen and oxygen atoms in total. The second-order valence-electron chi connectivity index (χ2n) is 3.32. The molecule has 70 valence electrons. The highest BCUT2D eigenvalue weighted by atomic mass is 15.5. The average Bonchev–Trinajstić information content (AvgIpc) is 2.17. The fourth-order valence-corrected chi connectivity index (χ4v) is 1.17. The van der Waals surface area contributed by atoms with Crippen molar-refractivity contribution in [1.29, 1.82) is 0 Å². The van der Waals surface area contributed by atoms with Gasteiger partial charge < -0.3 is 0 Å². The highest BCUT2D eigenvalue weighted by molar-refractivity contribution is 5.94. The summed E-state index contributed by atoms with van der Waals surface area (Å²) in [5, 5.41) is 2.06. The van der Waals surface area contributed by atoms with Crippen molar-refractivity contribution in [2.24, 2.45) is 0 Å². The summed E-state index contributed by atoms with van der Waals surface area (Å²) < 4.78 is 2.12. The molecule has 0 heterocycles. The molecule has 0 aliphatic heterocycles. The van der Waals surface area contributed by atoms with Crippen molar-refractivity contribution in [3.8, 4) is 0 Å². The van der Waals surface area contributed by atoms with Crippen LogP contribution in [0.25, 0.3) is 0 Å². The third-order valence-electron chi connectivity index (χ3n) is 2.28. The summed E-state index contributed by atoms with van der Waals surface area (Å²) in [5.41, 5.74) is 2.52. The van der Waals surface area contributed by atoms with E-state index in [1.54, 1.807) is 0 Å². The summed E-state index contributed by atoms with van der Waals surface area (Å²) in [4.78, 5) is 0. The van der Waals surface area contributed by atoms with Crippen LogP contribution in [0.2, 0.25) is 0 Å². The molecule has 0 fully saturated rings. The van der Waals surface area contributed by atoms with Gasteiger partial charge >= 0.3 is 0 Å². The topological polar surface area (TPSA) is 6.25 Å². The van der Waals surface area contributed by atoms with Crippen LogP contribution in [0.1, 0.15) is 12.5 Å². The molecule has 0 radical (unpaired) electrons. The van der Waals surface area contributed by atoms with Crippen molar-refractivity contribution in [2.75, 3.05) is 21.1 Å². The molecule has 0 N–H and O–H groups in total. The van der Waals surface area contributed by atoms with Crippen molar-refractivity contribution in [1.82, 2.24) is 5.01 Å². The average molecular weight is 177 g/mol. The Balaban J connectivity index is 3.03. The van der Waals surface area contributed by atoms with Gasteiger partial charge in [0.15, 0.2) is 7.05 Å². The summed E-state index contributed by atoms with van der Waals surface area (Å²) in [6.07, 6.45) is 0. The minimum absolute atomic E-state index is 1.26. The molecule has 13 heavy (non-hydrogen) atoms. The smallest absolute Gasteiger partial charge is 0.192 e. The second-order valence-corrected chi connectivity index (χ2v) is 3.32. The quantitative estimate of drug-likeness (QED) is 0.378. The van der Waals surface area contributed by atoms with E-state index in [-0.39, 0.29) is 0 Å². The zero-order valence-electron chi connectivity index (χ0n) is 8.78. The molecule has 0 saturated carbocycles. The molecule has 0 unspecified atom stereocenters. The van der Waals surface area contributed by atoms with Crippen LogP contribution in [0.3, 0.4) is 0 Å². The van der Waals surface area contributed by atoms with Crippen LogP contribution >= 0.6 is 0 Å². The largest absolute Gasteiger partial charge is 0.209 e. The molecule has 0 spiro atoms. The Morgan fingerprint density at radius 2 is 1.69 bits per heavy atom. The summed E-state index contributed by atoms with van der Waals surface area (Å²) in [7, 11) is 6.13. The lowest BCUT2D eigenvalue weighted by Crippen LogP contribution is -2.29. The van der Waals surface area contributed by atoms with Crippen molar-refractivity contribution in [3.05, 3.63) is 35.9 Å². The minimum atomic E-state index is 1.26. The van der Waals surface area contributed by atoms with Crippen LogP contribution in [0.5, 0.6) is 0 Å². The standard InChI is InChI=1S/C11H17N2/c1-10(13(4)12(2)3)11-8-6-5-7-9-11/h5-9H,1-4H3/q+1.